The molecule has 0 aliphatic rings. The van der Waals surface area contributed by atoms with Gasteiger partial charge in [0.25, 0.3) is 0 Å². The van der Waals surface area contributed by atoms with Crippen molar-refractivity contribution in [3.05, 3.63) is 35.9 Å². The van der Waals surface area contributed by atoms with Crippen molar-refractivity contribution in [2.75, 3.05) is 0 Å². The first-order valence-electron chi connectivity index (χ1n) is 5.62. The summed E-state index contributed by atoms with van der Waals surface area (Å²) in [7, 11) is 0. The highest BCUT2D eigenvalue weighted by Crippen LogP contribution is 2.54. The van der Waals surface area contributed by atoms with Gasteiger partial charge < -0.3 is 10.3 Å². The van der Waals surface area contributed by atoms with E-state index >= 15 is 0 Å². The Kier molecular flexibility index (Phi) is 5.54. The average molecular weight is 290 g/mol. The summed E-state index contributed by atoms with van der Waals surface area (Å²) in [6, 6.07) is 8.21. The second-order valence-corrected chi connectivity index (χ2v) is 7.34. The van der Waals surface area contributed by atoms with Crippen molar-refractivity contribution in [1.82, 2.24) is 0 Å². The van der Waals surface area contributed by atoms with E-state index in [1.54, 1.807) is 26.0 Å². The highest BCUT2D eigenvalue weighted by atomic mass is 35.7. The maximum absolute atomic E-state index is 11.9. The predicted octanol–water partition coefficient (Wildman–Crippen LogP) is 3.15. The van der Waals surface area contributed by atoms with E-state index in [0.29, 0.717) is 0 Å². The molecule has 0 aromatic heterocycles. The first-order chi connectivity index (χ1) is 8.34. The maximum Gasteiger partial charge on any atom is 0.356 e. The molecular formula is C12H17ClNO3P. The molecule has 1 aromatic rings. The van der Waals surface area contributed by atoms with Crippen LogP contribution in [0.25, 0.3) is 0 Å². The van der Waals surface area contributed by atoms with Crippen molar-refractivity contribution in [2.24, 2.45) is 11.7 Å². The summed E-state index contributed by atoms with van der Waals surface area (Å²) < 4.78 is 17.0. The summed E-state index contributed by atoms with van der Waals surface area (Å²) >= 11 is 5.68. The molecule has 0 saturated heterocycles. The van der Waals surface area contributed by atoms with Crippen molar-refractivity contribution >= 4 is 23.5 Å². The minimum absolute atomic E-state index is 0.0260. The molecule has 6 heteroatoms. The Morgan fingerprint density at radius 1 is 1.39 bits per heavy atom. The van der Waals surface area contributed by atoms with Gasteiger partial charge in [-0.15, -0.1) is 0 Å². The van der Waals surface area contributed by atoms with Crippen LogP contribution in [0.3, 0.4) is 0 Å². The van der Waals surface area contributed by atoms with Crippen LogP contribution in [-0.4, -0.2) is 11.6 Å². The van der Waals surface area contributed by atoms with Gasteiger partial charge in [0, 0.05) is 0 Å². The fourth-order valence-electron chi connectivity index (χ4n) is 1.26. The minimum atomic E-state index is -3.85. The normalized spacial score (nSPS) is 16.3. The summed E-state index contributed by atoms with van der Waals surface area (Å²) in [5, 5.41) is 0. The molecule has 0 aliphatic heterocycles. The second-order valence-electron chi connectivity index (χ2n) is 4.35. The van der Waals surface area contributed by atoms with E-state index in [1.165, 1.54) is 0 Å². The largest absolute Gasteiger partial charge is 0.356 e. The van der Waals surface area contributed by atoms with Crippen LogP contribution in [0.4, 0.5) is 0 Å². The summed E-state index contributed by atoms with van der Waals surface area (Å²) in [6.07, 6.45) is 0. The smallest absolute Gasteiger partial charge is 0.321 e. The molecule has 2 N–H and O–H groups in total. The number of benzene rings is 1. The standard InChI is InChI=1S/C12H17ClNO3P/c1-9(2)11(14)12(15)18(13,16)17-8-10-6-4-3-5-7-10/h3-7,9,11H,8,14H2,1-2H3. The van der Waals surface area contributed by atoms with Crippen molar-refractivity contribution in [3.8, 4) is 0 Å². The van der Waals surface area contributed by atoms with Gasteiger partial charge >= 0.3 is 6.72 Å². The van der Waals surface area contributed by atoms with Crippen molar-refractivity contribution in [2.45, 2.75) is 26.5 Å². The van der Waals surface area contributed by atoms with E-state index < -0.39 is 18.3 Å². The number of carbonyl (C=O) groups excluding carboxylic acids is 1. The van der Waals surface area contributed by atoms with Gasteiger partial charge in [-0.2, -0.15) is 0 Å². The number of rotatable bonds is 6. The molecule has 18 heavy (non-hydrogen) atoms. The Bertz CT molecular complexity index is 450. The monoisotopic (exact) mass is 289 g/mol. The SMILES string of the molecule is CC(C)C(N)C(=O)P(=O)(Cl)OCc1ccccc1. The van der Waals surface area contributed by atoms with Gasteiger partial charge in [-0.05, 0) is 22.7 Å². The molecule has 4 nitrogen and oxygen atoms in total. The molecule has 100 valence electrons. The second kappa shape index (κ2) is 6.48. The summed E-state index contributed by atoms with van der Waals surface area (Å²) in [5.74, 6) is -0.134. The third kappa shape index (κ3) is 4.21. The first kappa shape index (κ1) is 15.4. The fraction of sp³-hybridized carbons (Fsp3) is 0.417. The molecule has 0 bridgehead atoms. The third-order valence-electron chi connectivity index (χ3n) is 2.51. The fourth-order valence-corrected chi connectivity index (χ4v) is 2.84. The summed E-state index contributed by atoms with van der Waals surface area (Å²) in [5.41, 5.74) is 5.70. The van der Waals surface area contributed by atoms with Gasteiger partial charge in [0.15, 0.2) is 0 Å². The Labute approximate surface area is 112 Å². The Balaban J connectivity index is 2.65. The van der Waals surface area contributed by atoms with Gasteiger partial charge in [0.2, 0.25) is 5.52 Å². The number of hydrogen-bond acceptors (Lipinski definition) is 4. The van der Waals surface area contributed by atoms with Crippen LogP contribution in [0.15, 0.2) is 30.3 Å². The van der Waals surface area contributed by atoms with E-state index in [-0.39, 0.29) is 12.5 Å². The van der Waals surface area contributed by atoms with E-state index in [1.807, 2.05) is 18.2 Å². The van der Waals surface area contributed by atoms with Gasteiger partial charge in [0.1, 0.15) is 0 Å². The van der Waals surface area contributed by atoms with Crippen LogP contribution in [-0.2, 0) is 20.5 Å². The summed E-state index contributed by atoms with van der Waals surface area (Å²) in [6.45, 7) is -0.304. The van der Waals surface area contributed by atoms with E-state index in [0.717, 1.165) is 5.56 Å². The quantitative estimate of drug-likeness (QED) is 0.817. The number of halogens is 1. The predicted molar refractivity (Wildman–Crippen MR) is 72.5 cm³/mol. The van der Waals surface area contributed by atoms with Gasteiger partial charge in [0.05, 0.1) is 12.6 Å². The van der Waals surface area contributed by atoms with Crippen molar-refractivity contribution in [3.63, 3.8) is 0 Å². The van der Waals surface area contributed by atoms with Crippen LogP contribution < -0.4 is 5.73 Å². The molecule has 0 fully saturated rings. The van der Waals surface area contributed by atoms with Crippen LogP contribution in [0.2, 0.25) is 0 Å². The van der Waals surface area contributed by atoms with Crippen molar-refractivity contribution < 1.29 is 13.9 Å². The highest BCUT2D eigenvalue weighted by Gasteiger charge is 2.36. The zero-order valence-corrected chi connectivity index (χ0v) is 12.0. The Morgan fingerprint density at radius 3 is 2.44 bits per heavy atom. The molecule has 0 aliphatic carbocycles. The van der Waals surface area contributed by atoms with Crippen LogP contribution in [0.1, 0.15) is 19.4 Å². The first-order valence-corrected chi connectivity index (χ1v) is 8.15. The molecule has 0 amide bonds. The number of carbonyl (C=O) groups is 1. The van der Waals surface area contributed by atoms with Gasteiger partial charge in [-0.25, -0.2) is 0 Å². The average Bonchev–Trinajstić information content (AvgIpc) is 2.35. The molecular weight excluding hydrogens is 273 g/mol. The molecule has 2 unspecified atom stereocenters. The molecule has 0 heterocycles. The molecule has 1 aromatic carbocycles. The zero-order valence-electron chi connectivity index (χ0n) is 10.4. The Hall–Kier alpha value is -0.670. The highest BCUT2D eigenvalue weighted by molar-refractivity contribution is 7.98. The molecule has 2 atom stereocenters. The lowest BCUT2D eigenvalue weighted by atomic mass is 10.1. The zero-order chi connectivity index (χ0) is 13.8. The lowest BCUT2D eigenvalue weighted by Crippen LogP contribution is -2.34. The Morgan fingerprint density at radius 2 is 1.94 bits per heavy atom. The van der Waals surface area contributed by atoms with Crippen LogP contribution >= 0.6 is 18.0 Å². The lowest BCUT2D eigenvalue weighted by molar-refractivity contribution is -0.114. The van der Waals surface area contributed by atoms with E-state index in [4.69, 9.17) is 21.5 Å². The third-order valence-corrected chi connectivity index (χ3v) is 4.59. The molecule has 0 radical (unpaired) electrons. The van der Waals surface area contributed by atoms with Gasteiger partial charge in [-0.1, -0.05) is 44.2 Å². The van der Waals surface area contributed by atoms with Gasteiger partial charge in [-0.3, -0.25) is 9.36 Å². The van der Waals surface area contributed by atoms with E-state index in [9.17, 15) is 9.36 Å². The van der Waals surface area contributed by atoms with E-state index in [2.05, 4.69) is 0 Å². The van der Waals surface area contributed by atoms with Crippen LogP contribution in [0, 0.1) is 5.92 Å². The number of nitrogens with two attached hydrogens (primary N) is 1. The molecule has 1 rings (SSSR count). The topological polar surface area (TPSA) is 69.4 Å². The van der Waals surface area contributed by atoms with Crippen LogP contribution in [0.5, 0.6) is 0 Å². The maximum atomic E-state index is 11.9. The number of hydrogen-bond donors (Lipinski definition) is 1. The molecule has 0 spiro atoms. The lowest BCUT2D eigenvalue weighted by Gasteiger charge is -2.17. The molecule has 0 saturated carbocycles. The summed E-state index contributed by atoms with van der Waals surface area (Å²) in [4.78, 5) is 11.8. The van der Waals surface area contributed by atoms with Crippen molar-refractivity contribution in [1.29, 1.82) is 0 Å². The minimum Gasteiger partial charge on any atom is -0.321 e.